The molecule has 3 aromatic rings. The minimum absolute atomic E-state index is 0. The molecule has 0 aliphatic rings. The highest BCUT2D eigenvalue weighted by Crippen LogP contribution is 2.36. The highest BCUT2D eigenvalue weighted by molar-refractivity contribution is 6.42. The van der Waals surface area contributed by atoms with Crippen LogP contribution in [0.1, 0.15) is 5.56 Å². The summed E-state index contributed by atoms with van der Waals surface area (Å²) in [6, 6.07) is 13.4. The molecule has 0 amide bonds. The van der Waals surface area contributed by atoms with Crippen LogP contribution in [0.15, 0.2) is 52.7 Å². The maximum Gasteiger partial charge on any atom is 0.211 e. The molecule has 23 heavy (non-hydrogen) atoms. The minimum Gasteiger partial charge on any atom is -0.369 e. The molecule has 0 aromatic heterocycles. The van der Waals surface area contributed by atoms with E-state index in [1.54, 1.807) is 6.21 Å². The molecule has 0 heterocycles. The molecule has 0 atom stereocenters. The highest BCUT2D eigenvalue weighted by atomic mass is 35.5. The summed E-state index contributed by atoms with van der Waals surface area (Å²) in [7, 11) is 0. The van der Waals surface area contributed by atoms with Crippen LogP contribution in [0.4, 0.5) is 0 Å². The first-order valence-corrected chi connectivity index (χ1v) is 7.25. The van der Waals surface area contributed by atoms with Gasteiger partial charge >= 0.3 is 0 Å². The molecule has 0 unspecified atom stereocenters. The zero-order chi connectivity index (χ0) is 15.7. The first-order valence-electron chi connectivity index (χ1n) is 6.49. The van der Waals surface area contributed by atoms with Crippen LogP contribution in [-0.2, 0) is 0 Å². The first kappa shape index (κ1) is 17.3. The van der Waals surface area contributed by atoms with E-state index in [1.807, 2.05) is 42.5 Å². The van der Waals surface area contributed by atoms with Gasteiger partial charge in [-0.2, -0.15) is 5.10 Å². The Morgan fingerprint density at radius 1 is 0.913 bits per heavy atom. The lowest BCUT2D eigenvalue weighted by atomic mass is 9.97. The second-order valence-corrected chi connectivity index (χ2v) is 5.55. The van der Waals surface area contributed by atoms with E-state index in [0.29, 0.717) is 10.0 Å². The van der Waals surface area contributed by atoms with Crippen LogP contribution < -0.4 is 11.5 Å². The standard InChI is InChI=1S/C16H12Cl2N4.ClH/c17-9-5-6-12-13(7-9)14(8-21-22-16(19)20)10-3-1-2-4-11(10)15(12)18;/h1-8H,(H4,19,20,22);1H. The van der Waals surface area contributed by atoms with Gasteiger partial charge in [0, 0.05) is 21.4 Å². The molecule has 0 radical (unpaired) electrons. The van der Waals surface area contributed by atoms with E-state index in [9.17, 15) is 0 Å². The van der Waals surface area contributed by atoms with Crippen molar-refractivity contribution in [2.75, 3.05) is 0 Å². The first-order chi connectivity index (χ1) is 10.6. The molecule has 0 aliphatic carbocycles. The molecule has 0 saturated carbocycles. The van der Waals surface area contributed by atoms with Gasteiger partial charge in [0.25, 0.3) is 0 Å². The molecular weight excluding hydrogens is 355 g/mol. The summed E-state index contributed by atoms with van der Waals surface area (Å²) in [6.45, 7) is 0. The number of fused-ring (bicyclic) bond motifs is 2. The Balaban J connectivity index is 0.00000192. The van der Waals surface area contributed by atoms with Gasteiger partial charge < -0.3 is 11.5 Å². The van der Waals surface area contributed by atoms with Gasteiger partial charge in [-0.15, -0.1) is 17.5 Å². The van der Waals surface area contributed by atoms with Gasteiger partial charge in [0.2, 0.25) is 5.96 Å². The van der Waals surface area contributed by atoms with Crippen molar-refractivity contribution in [2.45, 2.75) is 0 Å². The van der Waals surface area contributed by atoms with Crippen LogP contribution in [0.25, 0.3) is 21.5 Å². The van der Waals surface area contributed by atoms with E-state index in [-0.39, 0.29) is 18.4 Å². The third-order valence-corrected chi connectivity index (χ3v) is 3.96. The number of benzene rings is 3. The third kappa shape index (κ3) is 3.34. The largest absolute Gasteiger partial charge is 0.369 e. The number of rotatable bonds is 2. The molecule has 0 aliphatic heterocycles. The van der Waals surface area contributed by atoms with Crippen molar-refractivity contribution in [3.8, 4) is 0 Å². The van der Waals surface area contributed by atoms with Crippen molar-refractivity contribution in [3.05, 3.63) is 58.1 Å². The minimum atomic E-state index is -0.100. The van der Waals surface area contributed by atoms with Gasteiger partial charge in [0.1, 0.15) is 0 Å². The lowest BCUT2D eigenvalue weighted by molar-refractivity contribution is 1.22. The molecular formula is C16H13Cl3N4. The van der Waals surface area contributed by atoms with E-state index >= 15 is 0 Å². The molecule has 3 rings (SSSR count). The summed E-state index contributed by atoms with van der Waals surface area (Å²) in [5.74, 6) is -0.100. The fourth-order valence-corrected chi connectivity index (χ4v) is 2.92. The molecule has 3 aromatic carbocycles. The van der Waals surface area contributed by atoms with E-state index in [1.165, 1.54) is 0 Å². The van der Waals surface area contributed by atoms with Gasteiger partial charge in [0.05, 0.1) is 11.2 Å². The predicted molar refractivity (Wildman–Crippen MR) is 102 cm³/mol. The smallest absolute Gasteiger partial charge is 0.211 e. The molecule has 0 spiro atoms. The fraction of sp³-hybridized carbons (Fsp3) is 0. The Labute approximate surface area is 149 Å². The van der Waals surface area contributed by atoms with Gasteiger partial charge in [-0.05, 0) is 22.9 Å². The SMILES string of the molecule is Cl.NC(N)=NN=Cc1c2ccccc2c(Cl)c2ccc(Cl)cc12. The third-order valence-electron chi connectivity index (χ3n) is 3.32. The topological polar surface area (TPSA) is 76.8 Å². The highest BCUT2D eigenvalue weighted by Gasteiger charge is 2.11. The number of guanidine groups is 1. The van der Waals surface area contributed by atoms with Crippen molar-refractivity contribution in [1.29, 1.82) is 0 Å². The average Bonchev–Trinajstić information content (AvgIpc) is 2.50. The van der Waals surface area contributed by atoms with E-state index in [0.717, 1.165) is 27.1 Å². The zero-order valence-electron chi connectivity index (χ0n) is 11.8. The second kappa shape index (κ2) is 7.04. The average molecular weight is 368 g/mol. The van der Waals surface area contributed by atoms with Crippen LogP contribution in [0, 0.1) is 0 Å². The normalized spacial score (nSPS) is 10.9. The van der Waals surface area contributed by atoms with Gasteiger partial charge in [0.15, 0.2) is 0 Å². The summed E-state index contributed by atoms with van der Waals surface area (Å²) in [5, 5.41) is 12.6. The van der Waals surface area contributed by atoms with Gasteiger partial charge in [-0.25, -0.2) is 0 Å². The Morgan fingerprint density at radius 3 is 2.26 bits per heavy atom. The maximum atomic E-state index is 6.53. The molecule has 0 bridgehead atoms. The lowest BCUT2D eigenvalue weighted by Gasteiger charge is -2.10. The van der Waals surface area contributed by atoms with Crippen LogP contribution in [0.2, 0.25) is 10.0 Å². The van der Waals surface area contributed by atoms with Crippen LogP contribution in [0.3, 0.4) is 0 Å². The van der Waals surface area contributed by atoms with E-state index in [2.05, 4.69) is 10.2 Å². The van der Waals surface area contributed by atoms with Crippen molar-refractivity contribution in [1.82, 2.24) is 0 Å². The fourth-order valence-electron chi connectivity index (χ4n) is 2.42. The van der Waals surface area contributed by atoms with E-state index < -0.39 is 0 Å². The molecule has 0 saturated heterocycles. The Kier molecular flexibility index (Phi) is 5.31. The summed E-state index contributed by atoms with van der Waals surface area (Å²) in [5.41, 5.74) is 11.5. The zero-order valence-corrected chi connectivity index (χ0v) is 14.2. The molecule has 118 valence electrons. The Hall–Kier alpha value is -2.01. The van der Waals surface area contributed by atoms with E-state index in [4.69, 9.17) is 34.7 Å². The summed E-state index contributed by atoms with van der Waals surface area (Å²) < 4.78 is 0. The second-order valence-electron chi connectivity index (χ2n) is 4.73. The van der Waals surface area contributed by atoms with Crippen molar-refractivity contribution in [3.63, 3.8) is 0 Å². The number of hydrogen-bond acceptors (Lipinski definition) is 2. The molecule has 4 N–H and O–H groups in total. The Morgan fingerprint density at radius 2 is 1.57 bits per heavy atom. The number of hydrogen-bond donors (Lipinski definition) is 2. The maximum absolute atomic E-state index is 6.53. The summed E-state index contributed by atoms with van der Waals surface area (Å²) in [6.07, 6.45) is 1.61. The quantitative estimate of drug-likeness (QED) is 0.306. The van der Waals surface area contributed by atoms with Crippen LogP contribution in [0.5, 0.6) is 0 Å². The molecule has 0 fully saturated rings. The molecule has 7 heteroatoms. The summed E-state index contributed by atoms with van der Waals surface area (Å²) >= 11 is 12.7. The number of nitrogens with zero attached hydrogens (tertiary/aromatic N) is 2. The van der Waals surface area contributed by atoms with Crippen molar-refractivity contribution in [2.24, 2.45) is 21.7 Å². The van der Waals surface area contributed by atoms with Crippen molar-refractivity contribution >= 4 is 69.3 Å². The van der Waals surface area contributed by atoms with Crippen LogP contribution >= 0.6 is 35.6 Å². The Bertz CT molecular complexity index is 931. The monoisotopic (exact) mass is 366 g/mol. The van der Waals surface area contributed by atoms with Crippen LogP contribution in [-0.4, -0.2) is 12.2 Å². The number of halogens is 3. The van der Waals surface area contributed by atoms with Gasteiger partial charge in [-0.1, -0.05) is 53.5 Å². The summed E-state index contributed by atoms with van der Waals surface area (Å²) in [4.78, 5) is 0. The lowest BCUT2D eigenvalue weighted by Crippen LogP contribution is -2.21. The van der Waals surface area contributed by atoms with Gasteiger partial charge in [-0.3, -0.25) is 0 Å². The number of nitrogens with two attached hydrogens (primary N) is 2. The molecule has 4 nitrogen and oxygen atoms in total. The predicted octanol–water partition coefficient (Wildman–Crippen LogP) is 4.33. The van der Waals surface area contributed by atoms with Crippen molar-refractivity contribution < 1.29 is 0 Å².